The lowest BCUT2D eigenvalue weighted by Crippen LogP contribution is -2.35. The van der Waals surface area contributed by atoms with Gasteiger partial charge in [0.25, 0.3) is 5.56 Å². The van der Waals surface area contributed by atoms with Crippen molar-refractivity contribution in [2.75, 3.05) is 18.1 Å². The number of thioether (sulfide) groups is 1. The van der Waals surface area contributed by atoms with Gasteiger partial charge in [-0.3, -0.25) is 14.5 Å². The molecule has 2 aromatic rings. The van der Waals surface area contributed by atoms with Crippen molar-refractivity contribution in [1.82, 2.24) is 14.9 Å². The van der Waals surface area contributed by atoms with E-state index in [-0.39, 0.29) is 11.5 Å². The van der Waals surface area contributed by atoms with Gasteiger partial charge in [0.15, 0.2) is 5.16 Å². The maximum Gasteiger partial charge on any atom is 0.256 e. The standard InChI is InChI=1S/C17H20N4O2S/c1-11(22)18-13-5-3-12(4-6-13)9-21-8-7-15-14(10-21)16(23)20-17(19-15)24-2/h3-6H,7-10H2,1-2H3,(H,18,22)(H,19,20,23). The molecule has 0 aliphatic carbocycles. The van der Waals surface area contributed by atoms with E-state index in [1.807, 2.05) is 30.5 Å². The fourth-order valence-electron chi connectivity index (χ4n) is 2.84. The molecule has 0 atom stereocenters. The van der Waals surface area contributed by atoms with E-state index in [0.29, 0.717) is 11.7 Å². The minimum Gasteiger partial charge on any atom is -0.326 e. The number of hydrogen-bond donors (Lipinski definition) is 2. The molecule has 2 heterocycles. The van der Waals surface area contributed by atoms with E-state index in [0.717, 1.165) is 42.0 Å². The molecule has 7 heteroatoms. The van der Waals surface area contributed by atoms with Gasteiger partial charge in [-0.1, -0.05) is 23.9 Å². The Morgan fingerprint density at radius 3 is 2.79 bits per heavy atom. The highest BCUT2D eigenvalue weighted by Crippen LogP contribution is 2.19. The molecule has 0 unspecified atom stereocenters. The topological polar surface area (TPSA) is 78.1 Å². The second-order valence-electron chi connectivity index (χ2n) is 5.84. The van der Waals surface area contributed by atoms with Crippen LogP contribution in [-0.2, 0) is 24.3 Å². The first-order valence-corrected chi connectivity index (χ1v) is 9.02. The molecule has 0 saturated carbocycles. The molecule has 6 nitrogen and oxygen atoms in total. The highest BCUT2D eigenvalue weighted by molar-refractivity contribution is 7.98. The molecule has 1 aliphatic rings. The smallest absolute Gasteiger partial charge is 0.256 e. The molecule has 1 amide bonds. The van der Waals surface area contributed by atoms with Gasteiger partial charge >= 0.3 is 0 Å². The Balaban J connectivity index is 1.70. The summed E-state index contributed by atoms with van der Waals surface area (Å²) in [6.45, 7) is 3.75. The molecule has 0 saturated heterocycles. The Morgan fingerprint density at radius 2 is 2.12 bits per heavy atom. The number of rotatable bonds is 4. The number of nitrogens with one attached hydrogen (secondary N) is 2. The van der Waals surface area contributed by atoms with Gasteiger partial charge in [0, 0.05) is 38.7 Å². The Kier molecular flexibility index (Phi) is 5.01. The highest BCUT2D eigenvalue weighted by Gasteiger charge is 2.21. The van der Waals surface area contributed by atoms with Crippen LogP contribution in [0.3, 0.4) is 0 Å². The van der Waals surface area contributed by atoms with Crippen LogP contribution < -0.4 is 10.9 Å². The molecule has 0 bridgehead atoms. The van der Waals surface area contributed by atoms with Gasteiger partial charge in [0.05, 0.1) is 11.3 Å². The Labute approximate surface area is 144 Å². The van der Waals surface area contributed by atoms with Gasteiger partial charge in [-0.25, -0.2) is 4.98 Å². The Morgan fingerprint density at radius 1 is 1.38 bits per heavy atom. The number of amides is 1. The van der Waals surface area contributed by atoms with Crippen LogP contribution in [0.4, 0.5) is 5.69 Å². The number of fused-ring (bicyclic) bond motifs is 1. The van der Waals surface area contributed by atoms with E-state index in [1.165, 1.54) is 18.7 Å². The van der Waals surface area contributed by atoms with Crippen LogP contribution in [0.5, 0.6) is 0 Å². The molecule has 0 spiro atoms. The fourth-order valence-corrected chi connectivity index (χ4v) is 3.24. The number of carbonyl (C=O) groups is 1. The number of aromatic nitrogens is 2. The third kappa shape index (κ3) is 3.85. The largest absolute Gasteiger partial charge is 0.326 e. The summed E-state index contributed by atoms with van der Waals surface area (Å²) in [6, 6.07) is 7.79. The van der Waals surface area contributed by atoms with Gasteiger partial charge in [-0.05, 0) is 24.0 Å². The summed E-state index contributed by atoms with van der Waals surface area (Å²) < 4.78 is 0. The summed E-state index contributed by atoms with van der Waals surface area (Å²) in [6.07, 6.45) is 2.70. The molecule has 1 aliphatic heterocycles. The molecule has 3 rings (SSSR count). The lowest BCUT2D eigenvalue weighted by atomic mass is 10.1. The summed E-state index contributed by atoms with van der Waals surface area (Å²) in [7, 11) is 0. The van der Waals surface area contributed by atoms with E-state index in [2.05, 4.69) is 20.2 Å². The number of anilines is 1. The highest BCUT2D eigenvalue weighted by atomic mass is 32.2. The first-order valence-electron chi connectivity index (χ1n) is 7.80. The summed E-state index contributed by atoms with van der Waals surface area (Å²) in [5.41, 5.74) is 3.60. The molecule has 0 radical (unpaired) electrons. The van der Waals surface area contributed by atoms with Crippen LogP contribution in [0.2, 0.25) is 0 Å². The predicted molar refractivity (Wildman–Crippen MR) is 95.2 cm³/mol. The number of aromatic amines is 1. The molecule has 1 aromatic carbocycles. The fraction of sp³-hybridized carbons (Fsp3) is 0.353. The SMILES string of the molecule is CSc1nc2c(c(=O)[nH]1)CN(Cc1ccc(NC(C)=O)cc1)CC2. The molecule has 2 N–H and O–H groups in total. The lowest BCUT2D eigenvalue weighted by molar-refractivity contribution is -0.114. The van der Waals surface area contributed by atoms with Crippen LogP contribution in [0.25, 0.3) is 0 Å². The second-order valence-corrected chi connectivity index (χ2v) is 6.63. The molecule has 24 heavy (non-hydrogen) atoms. The maximum atomic E-state index is 12.2. The third-order valence-electron chi connectivity index (χ3n) is 4.00. The van der Waals surface area contributed by atoms with Gasteiger partial charge in [-0.15, -0.1) is 0 Å². The zero-order valence-corrected chi connectivity index (χ0v) is 14.6. The number of benzene rings is 1. The normalized spacial score (nSPS) is 14.2. The maximum absolute atomic E-state index is 12.2. The van der Waals surface area contributed by atoms with Crippen LogP contribution in [-0.4, -0.2) is 33.6 Å². The van der Waals surface area contributed by atoms with E-state index >= 15 is 0 Å². The number of nitrogens with zero attached hydrogens (tertiary/aromatic N) is 2. The van der Waals surface area contributed by atoms with Gasteiger partial charge in [0.1, 0.15) is 0 Å². The molecule has 1 aromatic heterocycles. The van der Waals surface area contributed by atoms with Crippen LogP contribution in [0.1, 0.15) is 23.7 Å². The van der Waals surface area contributed by atoms with Crippen molar-refractivity contribution in [3.63, 3.8) is 0 Å². The summed E-state index contributed by atoms with van der Waals surface area (Å²) >= 11 is 1.45. The number of hydrogen-bond acceptors (Lipinski definition) is 5. The first kappa shape index (κ1) is 16.7. The van der Waals surface area contributed by atoms with Crippen molar-refractivity contribution in [2.45, 2.75) is 31.6 Å². The minimum absolute atomic E-state index is 0.0324. The predicted octanol–water partition coefficient (Wildman–Crippen LogP) is 2.01. The quantitative estimate of drug-likeness (QED) is 0.655. The second kappa shape index (κ2) is 7.19. The van der Waals surface area contributed by atoms with Crippen molar-refractivity contribution in [1.29, 1.82) is 0 Å². The van der Waals surface area contributed by atoms with E-state index < -0.39 is 0 Å². The molecular formula is C17H20N4O2S. The van der Waals surface area contributed by atoms with Crippen molar-refractivity contribution in [3.8, 4) is 0 Å². The van der Waals surface area contributed by atoms with Crippen LogP contribution in [0.15, 0.2) is 34.2 Å². The molecule has 126 valence electrons. The average Bonchev–Trinajstić information content (AvgIpc) is 2.56. The van der Waals surface area contributed by atoms with Gasteiger partial charge in [0.2, 0.25) is 5.91 Å². The summed E-state index contributed by atoms with van der Waals surface area (Å²) in [5, 5.41) is 3.44. The van der Waals surface area contributed by atoms with Crippen molar-refractivity contribution >= 4 is 23.4 Å². The van der Waals surface area contributed by atoms with Crippen molar-refractivity contribution < 1.29 is 4.79 Å². The Bertz CT molecular complexity index is 801. The number of carbonyl (C=O) groups excluding carboxylic acids is 1. The minimum atomic E-state index is -0.0771. The van der Waals surface area contributed by atoms with Crippen molar-refractivity contribution in [2.24, 2.45) is 0 Å². The zero-order chi connectivity index (χ0) is 17.1. The van der Waals surface area contributed by atoms with Gasteiger partial charge in [-0.2, -0.15) is 0 Å². The molecular weight excluding hydrogens is 324 g/mol. The first-order chi connectivity index (χ1) is 11.5. The van der Waals surface area contributed by atoms with Crippen LogP contribution in [0, 0.1) is 0 Å². The zero-order valence-electron chi connectivity index (χ0n) is 13.8. The van der Waals surface area contributed by atoms with E-state index in [9.17, 15) is 9.59 Å². The van der Waals surface area contributed by atoms with Crippen LogP contribution >= 0.6 is 11.8 Å². The van der Waals surface area contributed by atoms with Crippen molar-refractivity contribution in [3.05, 3.63) is 51.4 Å². The lowest BCUT2D eigenvalue weighted by Gasteiger charge is -2.27. The third-order valence-corrected chi connectivity index (χ3v) is 4.58. The Hall–Kier alpha value is -2.12. The summed E-state index contributed by atoms with van der Waals surface area (Å²) in [5.74, 6) is -0.0771. The average molecular weight is 344 g/mol. The number of H-pyrrole nitrogens is 1. The van der Waals surface area contributed by atoms with E-state index in [1.54, 1.807) is 0 Å². The van der Waals surface area contributed by atoms with Gasteiger partial charge < -0.3 is 10.3 Å². The summed E-state index contributed by atoms with van der Waals surface area (Å²) in [4.78, 5) is 32.8. The molecule has 0 fully saturated rings. The monoisotopic (exact) mass is 344 g/mol. The van der Waals surface area contributed by atoms with E-state index in [4.69, 9.17) is 0 Å².